The summed E-state index contributed by atoms with van der Waals surface area (Å²) in [5, 5.41) is 1.77. The van der Waals surface area contributed by atoms with Crippen LogP contribution in [-0.2, 0) is 11.3 Å². The number of benzene rings is 1. The third kappa shape index (κ3) is 3.91. The molecule has 0 aliphatic heterocycles. The quantitative estimate of drug-likeness (QED) is 0.385. The van der Waals surface area contributed by atoms with Crippen molar-refractivity contribution in [3.05, 3.63) is 52.4 Å². The van der Waals surface area contributed by atoms with Gasteiger partial charge in [-0.3, -0.25) is 9.78 Å². The van der Waals surface area contributed by atoms with E-state index in [-0.39, 0.29) is 12.8 Å². The van der Waals surface area contributed by atoms with Gasteiger partial charge in [-0.2, -0.15) is 13.2 Å². The van der Waals surface area contributed by atoms with Crippen LogP contribution in [0.4, 0.5) is 13.2 Å². The van der Waals surface area contributed by atoms with E-state index in [1.165, 1.54) is 6.20 Å². The Bertz CT molecular complexity index is 776. The molecule has 0 saturated heterocycles. The molecule has 0 aliphatic carbocycles. The van der Waals surface area contributed by atoms with Gasteiger partial charge in [-0.1, -0.05) is 17.7 Å². The SMILES string of the molecule is N/C(=C(/C=O)N(N)Cc1ccc2ncc(Cl)cc2c1)C(F)(F)F. The van der Waals surface area contributed by atoms with Crippen LogP contribution >= 0.6 is 11.6 Å². The Kier molecular flexibility index (Phi) is 4.76. The minimum Gasteiger partial charge on any atom is -0.393 e. The van der Waals surface area contributed by atoms with Gasteiger partial charge < -0.3 is 10.7 Å². The highest BCUT2D eigenvalue weighted by atomic mass is 35.5. The van der Waals surface area contributed by atoms with Gasteiger partial charge in [0.05, 0.1) is 17.1 Å². The molecule has 1 aromatic carbocycles. The maximum absolute atomic E-state index is 12.6. The number of hydrazine groups is 1. The molecule has 1 aromatic heterocycles. The second-order valence-corrected chi connectivity index (χ2v) is 5.16. The summed E-state index contributed by atoms with van der Waals surface area (Å²) in [6, 6.07) is 6.64. The Morgan fingerprint density at radius 3 is 2.65 bits per heavy atom. The van der Waals surface area contributed by atoms with Crippen LogP contribution in [0.1, 0.15) is 5.56 Å². The van der Waals surface area contributed by atoms with E-state index < -0.39 is 17.6 Å². The highest BCUT2D eigenvalue weighted by molar-refractivity contribution is 6.31. The van der Waals surface area contributed by atoms with E-state index in [0.29, 0.717) is 26.5 Å². The number of carbonyl (C=O) groups is 1. The highest BCUT2D eigenvalue weighted by Gasteiger charge is 2.35. The van der Waals surface area contributed by atoms with Gasteiger partial charge in [-0.05, 0) is 23.8 Å². The monoisotopic (exact) mass is 344 g/mol. The number of pyridine rings is 1. The first-order valence-electron chi connectivity index (χ1n) is 6.31. The lowest BCUT2D eigenvalue weighted by Crippen LogP contribution is -2.36. The van der Waals surface area contributed by atoms with Crippen molar-refractivity contribution >= 4 is 28.8 Å². The van der Waals surface area contributed by atoms with E-state index >= 15 is 0 Å². The number of aromatic nitrogens is 1. The molecule has 0 spiro atoms. The second kappa shape index (κ2) is 6.43. The van der Waals surface area contributed by atoms with E-state index in [9.17, 15) is 18.0 Å². The lowest BCUT2D eigenvalue weighted by molar-refractivity contribution is -0.110. The number of halogens is 4. The molecule has 23 heavy (non-hydrogen) atoms. The lowest BCUT2D eigenvalue weighted by atomic mass is 10.1. The lowest BCUT2D eigenvalue weighted by Gasteiger charge is -2.21. The predicted octanol–water partition coefficient (Wildman–Crippen LogP) is 2.50. The van der Waals surface area contributed by atoms with Crippen LogP contribution in [0.2, 0.25) is 5.02 Å². The smallest absolute Gasteiger partial charge is 0.393 e. The van der Waals surface area contributed by atoms with E-state index in [1.54, 1.807) is 24.3 Å². The molecular weight excluding hydrogens is 333 g/mol. The number of rotatable bonds is 4. The molecule has 2 rings (SSSR count). The van der Waals surface area contributed by atoms with Gasteiger partial charge in [-0.25, -0.2) is 5.84 Å². The van der Waals surface area contributed by atoms with Crippen molar-refractivity contribution in [2.75, 3.05) is 0 Å². The van der Waals surface area contributed by atoms with Crippen molar-refractivity contribution in [1.82, 2.24) is 9.99 Å². The fraction of sp³-hybridized carbons (Fsp3) is 0.143. The summed E-state index contributed by atoms with van der Waals surface area (Å²) in [6.45, 7) is -0.146. The van der Waals surface area contributed by atoms with Gasteiger partial charge in [0.15, 0.2) is 6.29 Å². The number of allylic oxidation sites excluding steroid dienone is 2. The minimum atomic E-state index is -4.84. The third-order valence-corrected chi connectivity index (χ3v) is 3.27. The van der Waals surface area contributed by atoms with E-state index in [4.69, 9.17) is 23.2 Å². The van der Waals surface area contributed by atoms with E-state index in [1.807, 2.05) is 0 Å². The van der Waals surface area contributed by atoms with Crippen LogP contribution in [0.5, 0.6) is 0 Å². The molecule has 122 valence electrons. The number of fused-ring (bicyclic) bond motifs is 1. The Labute approximate surface area is 134 Å². The average Bonchev–Trinajstić information content (AvgIpc) is 2.46. The molecule has 0 unspecified atom stereocenters. The predicted molar refractivity (Wildman–Crippen MR) is 79.8 cm³/mol. The molecule has 0 aliphatic rings. The Morgan fingerprint density at radius 2 is 2.04 bits per heavy atom. The number of hydrogen-bond donors (Lipinski definition) is 2. The molecule has 9 heteroatoms. The average molecular weight is 345 g/mol. The van der Waals surface area contributed by atoms with Gasteiger partial charge in [0.25, 0.3) is 0 Å². The summed E-state index contributed by atoms with van der Waals surface area (Å²) in [5.74, 6) is 5.55. The molecule has 0 radical (unpaired) electrons. The van der Waals surface area contributed by atoms with Gasteiger partial charge >= 0.3 is 6.18 Å². The van der Waals surface area contributed by atoms with Gasteiger partial charge in [0.2, 0.25) is 0 Å². The summed E-state index contributed by atoms with van der Waals surface area (Å²) in [6.07, 6.45) is -3.38. The van der Waals surface area contributed by atoms with Crippen molar-refractivity contribution in [2.45, 2.75) is 12.7 Å². The molecule has 0 atom stereocenters. The molecule has 0 amide bonds. The van der Waals surface area contributed by atoms with Gasteiger partial charge in [0, 0.05) is 11.6 Å². The molecule has 0 bridgehead atoms. The molecule has 0 saturated carbocycles. The number of aldehydes is 1. The number of alkyl halides is 3. The maximum Gasteiger partial charge on any atom is 0.432 e. The van der Waals surface area contributed by atoms with Crippen molar-refractivity contribution in [3.8, 4) is 0 Å². The Balaban J connectivity index is 2.32. The normalized spacial score (nSPS) is 12.9. The third-order valence-electron chi connectivity index (χ3n) is 3.07. The zero-order valence-corrected chi connectivity index (χ0v) is 12.4. The molecule has 0 fully saturated rings. The van der Waals surface area contributed by atoms with Crippen LogP contribution in [0.25, 0.3) is 10.9 Å². The number of hydrogen-bond acceptors (Lipinski definition) is 5. The van der Waals surface area contributed by atoms with Crippen LogP contribution in [0.15, 0.2) is 41.9 Å². The summed E-state index contributed by atoms with van der Waals surface area (Å²) >= 11 is 5.85. The first kappa shape index (κ1) is 17.0. The van der Waals surface area contributed by atoms with Crippen molar-refractivity contribution in [3.63, 3.8) is 0 Å². The first-order chi connectivity index (χ1) is 10.7. The van der Waals surface area contributed by atoms with Gasteiger partial charge in [-0.15, -0.1) is 0 Å². The van der Waals surface area contributed by atoms with Crippen molar-refractivity contribution in [1.29, 1.82) is 0 Å². The van der Waals surface area contributed by atoms with Crippen LogP contribution < -0.4 is 11.6 Å². The first-order valence-corrected chi connectivity index (χ1v) is 6.68. The number of nitrogens with two attached hydrogens (primary N) is 2. The minimum absolute atomic E-state index is 0.0255. The summed E-state index contributed by atoms with van der Waals surface area (Å²) < 4.78 is 37.8. The largest absolute Gasteiger partial charge is 0.432 e. The summed E-state index contributed by atoms with van der Waals surface area (Å²) in [4.78, 5) is 15.0. The van der Waals surface area contributed by atoms with Crippen LogP contribution in [-0.4, -0.2) is 22.5 Å². The molecular formula is C14H12ClF3N4O. The maximum atomic E-state index is 12.6. The Morgan fingerprint density at radius 1 is 1.35 bits per heavy atom. The fourth-order valence-corrected chi connectivity index (χ4v) is 2.13. The summed E-state index contributed by atoms with van der Waals surface area (Å²) in [5.41, 5.74) is 3.81. The van der Waals surface area contributed by atoms with E-state index in [2.05, 4.69) is 4.98 Å². The van der Waals surface area contributed by atoms with Crippen LogP contribution in [0, 0.1) is 0 Å². The van der Waals surface area contributed by atoms with Crippen molar-refractivity contribution in [2.24, 2.45) is 11.6 Å². The second-order valence-electron chi connectivity index (χ2n) is 4.72. The molecule has 4 N–H and O–H groups in total. The Hall–Kier alpha value is -2.32. The fourth-order valence-electron chi connectivity index (χ4n) is 1.97. The standard InChI is InChI=1S/C14H12ClF3N4O/c15-10-4-9-3-8(1-2-11(9)21-5-10)6-22(20)12(7-23)13(19)14(16,17)18/h1-5,7H,6,19-20H2/b13-12-. The zero-order chi connectivity index (χ0) is 17.2. The van der Waals surface area contributed by atoms with Gasteiger partial charge in [0.1, 0.15) is 11.4 Å². The number of nitrogens with zero attached hydrogens (tertiary/aromatic N) is 2. The van der Waals surface area contributed by atoms with Crippen LogP contribution in [0.3, 0.4) is 0 Å². The zero-order valence-electron chi connectivity index (χ0n) is 11.6. The topological polar surface area (TPSA) is 85.2 Å². The van der Waals surface area contributed by atoms with E-state index in [0.717, 1.165) is 0 Å². The molecule has 2 aromatic rings. The number of carbonyl (C=O) groups excluding carboxylic acids is 1. The molecule has 5 nitrogen and oxygen atoms in total. The van der Waals surface area contributed by atoms with Crippen molar-refractivity contribution < 1.29 is 18.0 Å². The summed E-state index contributed by atoms with van der Waals surface area (Å²) in [7, 11) is 0. The molecule has 1 heterocycles. The highest BCUT2D eigenvalue weighted by Crippen LogP contribution is 2.25.